The van der Waals surface area contributed by atoms with Crippen LogP contribution in [0.1, 0.15) is 16.8 Å². The van der Waals surface area contributed by atoms with E-state index in [1.54, 1.807) is 6.07 Å². The first-order valence-electron chi connectivity index (χ1n) is 5.59. The lowest BCUT2D eigenvalue weighted by Crippen LogP contribution is -2.26. The highest BCUT2D eigenvalue weighted by atomic mass is 32.2. The monoisotopic (exact) mass is 302 g/mol. The van der Waals surface area contributed by atoms with Crippen molar-refractivity contribution in [1.82, 2.24) is 10.3 Å². The highest BCUT2D eigenvalue weighted by molar-refractivity contribution is 7.85. The number of hydrogen-bond donors (Lipinski definition) is 3. The van der Waals surface area contributed by atoms with Crippen LogP contribution in [0.15, 0.2) is 18.2 Å². The fraction of sp³-hybridized carbons (Fsp3) is 0.364. The van der Waals surface area contributed by atoms with Crippen molar-refractivity contribution in [3.63, 3.8) is 0 Å². The van der Waals surface area contributed by atoms with Crippen LogP contribution in [0.4, 0.5) is 0 Å². The summed E-state index contributed by atoms with van der Waals surface area (Å²) >= 11 is 1.53. The van der Waals surface area contributed by atoms with Crippen LogP contribution in [0.2, 0.25) is 0 Å². The van der Waals surface area contributed by atoms with Crippen molar-refractivity contribution in [3.05, 3.63) is 28.8 Å². The third-order valence-electron chi connectivity index (χ3n) is 2.53. The molecule has 1 aromatic carbocycles. The Balaban J connectivity index is 2.06. The summed E-state index contributed by atoms with van der Waals surface area (Å²) < 4.78 is 30.7. The van der Waals surface area contributed by atoms with Gasteiger partial charge >= 0.3 is 0 Å². The van der Waals surface area contributed by atoms with Crippen molar-refractivity contribution in [3.8, 4) is 0 Å². The Morgan fingerprint density at radius 3 is 2.89 bits per heavy atom. The molecule has 0 aliphatic carbocycles. The molecule has 104 valence electrons. The summed E-state index contributed by atoms with van der Waals surface area (Å²) in [7, 11) is -4.01. The number of thiazole rings is 1. The molecule has 1 unspecified atom stereocenters. The summed E-state index contributed by atoms with van der Waals surface area (Å²) in [6.07, 6.45) is -0.978. The summed E-state index contributed by atoms with van der Waals surface area (Å²) in [5.41, 5.74) is 1.50. The van der Waals surface area contributed by atoms with Gasteiger partial charge in [-0.1, -0.05) is 6.07 Å². The number of rotatable bonds is 5. The van der Waals surface area contributed by atoms with E-state index in [1.807, 2.05) is 19.1 Å². The molecule has 0 fully saturated rings. The van der Waals surface area contributed by atoms with Crippen LogP contribution in [-0.4, -0.2) is 35.4 Å². The Labute approximate surface area is 114 Å². The molecule has 6 nitrogen and oxygen atoms in total. The van der Waals surface area contributed by atoms with Crippen molar-refractivity contribution in [2.45, 2.75) is 13.2 Å². The zero-order valence-corrected chi connectivity index (χ0v) is 11.8. The number of aryl methyl sites for hydroxylation is 1. The molecule has 0 bridgehead atoms. The second-order valence-corrected chi connectivity index (χ2v) is 6.91. The van der Waals surface area contributed by atoms with E-state index in [0.29, 0.717) is 5.56 Å². The van der Waals surface area contributed by atoms with Gasteiger partial charge in [-0.15, -0.1) is 11.3 Å². The Morgan fingerprint density at radius 1 is 1.47 bits per heavy atom. The van der Waals surface area contributed by atoms with Crippen LogP contribution in [0.5, 0.6) is 0 Å². The number of aliphatic hydroxyl groups excluding tert-OH is 1. The zero-order valence-electron chi connectivity index (χ0n) is 10.2. The maximum atomic E-state index is 10.6. The van der Waals surface area contributed by atoms with Crippen molar-refractivity contribution >= 4 is 31.7 Å². The minimum absolute atomic E-state index is 0.0280. The van der Waals surface area contributed by atoms with E-state index in [-0.39, 0.29) is 6.54 Å². The van der Waals surface area contributed by atoms with Crippen molar-refractivity contribution in [1.29, 1.82) is 0 Å². The Bertz CT molecular complexity index is 681. The van der Waals surface area contributed by atoms with Gasteiger partial charge in [-0.3, -0.25) is 9.87 Å². The molecular formula is C11H14N2O4S2. The minimum atomic E-state index is -4.01. The average Bonchev–Trinajstić information content (AvgIpc) is 2.65. The number of nitrogens with zero attached hydrogens (tertiary/aromatic N) is 1. The molecule has 0 aliphatic heterocycles. The number of aromatic nitrogens is 1. The lowest BCUT2D eigenvalue weighted by atomic mass is 10.2. The van der Waals surface area contributed by atoms with Crippen molar-refractivity contribution < 1.29 is 18.1 Å². The van der Waals surface area contributed by atoms with Gasteiger partial charge in [0.15, 0.2) is 0 Å². The molecule has 19 heavy (non-hydrogen) atoms. The van der Waals surface area contributed by atoms with Crippen LogP contribution in [-0.2, 0) is 10.1 Å². The van der Waals surface area contributed by atoms with Gasteiger partial charge in [-0.05, 0) is 24.6 Å². The summed E-state index contributed by atoms with van der Waals surface area (Å²) in [6, 6.07) is 5.35. The largest absolute Gasteiger partial charge is 0.374 e. The highest BCUT2D eigenvalue weighted by Crippen LogP contribution is 2.24. The van der Waals surface area contributed by atoms with Gasteiger partial charge in [0.2, 0.25) is 0 Å². The van der Waals surface area contributed by atoms with Crippen molar-refractivity contribution in [2.75, 3.05) is 12.3 Å². The van der Waals surface area contributed by atoms with Crippen LogP contribution < -0.4 is 5.32 Å². The fourth-order valence-corrected chi connectivity index (χ4v) is 2.92. The molecule has 0 saturated heterocycles. The lowest BCUT2D eigenvalue weighted by Gasteiger charge is -2.12. The SMILES string of the molecule is Cc1nc2ccc(C(O)NCCS(=O)(=O)O)cc2s1. The number of nitrogens with one attached hydrogen (secondary N) is 1. The zero-order chi connectivity index (χ0) is 14.0. The van der Waals surface area contributed by atoms with Gasteiger partial charge in [0.05, 0.1) is 21.0 Å². The Morgan fingerprint density at radius 2 is 2.21 bits per heavy atom. The molecule has 3 N–H and O–H groups in total. The molecule has 2 aromatic rings. The molecule has 1 atom stereocenters. The molecule has 1 aromatic heterocycles. The van der Waals surface area contributed by atoms with E-state index < -0.39 is 22.1 Å². The topological polar surface area (TPSA) is 99.5 Å². The number of aliphatic hydroxyl groups is 1. The van der Waals surface area contributed by atoms with Crippen LogP contribution in [0.3, 0.4) is 0 Å². The van der Waals surface area contributed by atoms with E-state index in [1.165, 1.54) is 11.3 Å². The third-order valence-corrected chi connectivity index (χ3v) is 4.19. The van der Waals surface area contributed by atoms with Gasteiger partial charge in [0.1, 0.15) is 6.23 Å². The van der Waals surface area contributed by atoms with Gasteiger partial charge < -0.3 is 5.11 Å². The molecule has 0 aliphatic rings. The smallest absolute Gasteiger partial charge is 0.266 e. The maximum Gasteiger partial charge on any atom is 0.266 e. The van der Waals surface area contributed by atoms with E-state index in [0.717, 1.165) is 15.2 Å². The van der Waals surface area contributed by atoms with E-state index in [9.17, 15) is 13.5 Å². The number of benzene rings is 1. The second kappa shape index (κ2) is 5.51. The van der Waals surface area contributed by atoms with Gasteiger partial charge in [0, 0.05) is 6.54 Å². The first-order valence-corrected chi connectivity index (χ1v) is 8.01. The summed E-state index contributed by atoms with van der Waals surface area (Å²) in [6.45, 7) is 1.88. The molecule has 8 heteroatoms. The molecule has 0 amide bonds. The standard InChI is InChI=1S/C11H14N2O4S2/c1-7-13-9-3-2-8(6-10(9)18-7)11(14)12-4-5-19(15,16)17/h2-3,6,11-12,14H,4-5H2,1H3,(H,15,16,17). The molecular weight excluding hydrogens is 288 g/mol. The average molecular weight is 302 g/mol. The Hall–Kier alpha value is -1.06. The third kappa shape index (κ3) is 3.95. The van der Waals surface area contributed by atoms with Crippen LogP contribution >= 0.6 is 11.3 Å². The molecule has 1 heterocycles. The molecule has 0 spiro atoms. The van der Waals surface area contributed by atoms with Crippen LogP contribution in [0, 0.1) is 6.92 Å². The van der Waals surface area contributed by atoms with E-state index >= 15 is 0 Å². The second-order valence-electron chi connectivity index (χ2n) is 4.10. The van der Waals surface area contributed by atoms with Gasteiger partial charge in [0.25, 0.3) is 10.1 Å². The summed E-state index contributed by atoms with van der Waals surface area (Å²) in [5, 5.41) is 13.5. The predicted octanol–water partition coefficient (Wildman–Crippen LogP) is 1.07. The van der Waals surface area contributed by atoms with Gasteiger partial charge in [-0.25, -0.2) is 4.98 Å². The van der Waals surface area contributed by atoms with E-state index in [2.05, 4.69) is 10.3 Å². The quantitative estimate of drug-likeness (QED) is 0.564. The number of fused-ring (bicyclic) bond motifs is 1. The molecule has 2 rings (SSSR count). The maximum absolute atomic E-state index is 10.6. The normalized spacial score (nSPS) is 13.8. The molecule has 0 radical (unpaired) electrons. The summed E-state index contributed by atoms with van der Waals surface area (Å²) in [5.74, 6) is -0.439. The predicted molar refractivity (Wildman–Crippen MR) is 73.7 cm³/mol. The highest BCUT2D eigenvalue weighted by Gasteiger charge is 2.11. The van der Waals surface area contributed by atoms with Crippen LogP contribution in [0.25, 0.3) is 10.2 Å². The molecule has 0 saturated carbocycles. The minimum Gasteiger partial charge on any atom is -0.374 e. The number of hydrogen-bond acceptors (Lipinski definition) is 6. The lowest BCUT2D eigenvalue weighted by molar-refractivity contribution is 0.142. The van der Waals surface area contributed by atoms with Crippen molar-refractivity contribution in [2.24, 2.45) is 0 Å². The first-order chi connectivity index (χ1) is 8.85. The Kier molecular flexibility index (Phi) is 4.16. The van der Waals surface area contributed by atoms with E-state index in [4.69, 9.17) is 4.55 Å². The fourth-order valence-electron chi connectivity index (χ4n) is 1.67. The summed E-state index contributed by atoms with van der Waals surface area (Å²) in [4.78, 5) is 4.31. The van der Waals surface area contributed by atoms with Gasteiger partial charge in [-0.2, -0.15) is 8.42 Å². The first kappa shape index (κ1) is 14.4.